The molecular formula is C9H8Br2N2. The van der Waals surface area contributed by atoms with Gasteiger partial charge in [0.1, 0.15) is 17.7 Å². The molecule has 0 aromatic heterocycles. The van der Waals surface area contributed by atoms with Crippen LogP contribution in [-0.2, 0) is 0 Å². The Morgan fingerprint density at radius 1 is 1.15 bits per heavy atom. The van der Waals surface area contributed by atoms with Crippen LogP contribution in [0.15, 0.2) is 11.1 Å². The highest BCUT2D eigenvalue weighted by atomic mass is 79.9. The first-order valence-electron chi connectivity index (χ1n) is 4.03. The maximum absolute atomic E-state index is 8.74. The first-order valence-corrected chi connectivity index (χ1v) is 5.86. The highest BCUT2D eigenvalue weighted by Crippen LogP contribution is 2.35. The third-order valence-corrected chi connectivity index (χ3v) is 4.00. The summed E-state index contributed by atoms with van der Waals surface area (Å²) in [6, 6.07) is 3.88. The fourth-order valence-corrected chi connectivity index (χ4v) is 3.55. The predicted molar refractivity (Wildman–Crippen MR) is 57.5 cm³/mol. The van der Waals surface area contributed by atoms with Crippen LogP contribution in [0.5, 0.6) is 0 Å². The minimum Gasteiger partial charge on any atom is -0.192 e. The van der Waals surface area contributed by atoms with Crippen LogP contribution in [0.4, 0.5) is 0 Å². The molecule has 0 aromatic carbocycles. The molecule has 0 radical (unpaired) electrons. The van der Waals surface area contributed by atoms with Crippen molar-refractivity contribution in [1.82, 2.24) is 0 Å². The summed E-state index contributed by atoms with van der Waals surface area (Å²) in [6.07, 6.45) is 3.13. The fraction of sp³-hybridized carbons (Fsp3) is 0.556. The lowest BCUT2D eigenvalue weighted by atomic mass is 9.91. The van der Waals surface area contributed by atoms with Crippen LogP contribution in [0.2, 0.25) is 0 Å². The molecule has 0 unspecified atom stereocenters. The Balaban J connectivity index is 3.06. The van der Waals surface area contributed by atoms with Gasteiger partial charge in [0.15, 0.2) is 0 Å². The molecule has 1 aliphatic carbocycles. The van der Waals surface area contributed by atoms with E-state index in [0.29, 0.717) is 0 Å². The van der Waals surface area contributed by atoms with E-state index in [1.165, 1.54) is 0 Å². The van der Waals surface area contributed by atoms with Gasteiger partial charge in [0.2, 0.25) is 0 Å². The van der Waals surface area contributed by atoms with Gasteiger partial charge in [-0.05, 0) is 18.4 Å². The standard InChI is InChI=1S/C9H8Br2N2/c10-7-2-1-3-8(11)9(7)6(4-12)5-13/h7-8H,1-3H2/t7-,8-/m1/s1. The second-order valence-electron chi connectivity index (χ2n) is 2.92. The molecule has 2 atom stereocenters. The quantitative estimate of drug-likeness (QED) is 0.510. The number of halogens is 2. The minimum absolute atomic E-state index is 0.180. The van der Waals surface area contributed by atoms with Crippen molar-refractivity contribution < 1.29 is 0 Å². The lowest BCUT2D eigenvalue weighted by Crippen LogP contribution is -2.20. The zero-order chi connectivity index (χ0) is 9.84. The van der Waals surface area contributed by atoms with Gasteiger partial charge in [-0.1, -0.05) is 38.3 Å². The molecular weight excluding hydrogens is 296 g/mol. The molecule has 4 heteroatoms. The number of hydrogen-bond donors (Lipinski definition) is 0. The van der Waals surface area contributed by atoms with E-state index >= 15 is 0 Å². The largest absolute Gasteiger partial charge is 0.192 e. The summed E-state index contributed by atoms with van der Waals surface area (Å²) in [5.74, 6) is 0. The number of nitriles is 2. The summed E-state index contributed by atoms with van der Waals surface area (Å²) in [7, 11) is 0. The molecule has 0 saturated heterocycles. The van der Waals surface area contributed by atoms with Crippen LogP contribution in [0.25, 0.3) is 0 Å². The summed E-state index contributed by atoms with van der Waals surface area (Å²) >= 11 is 6.97. The maximum atomic E-state index is 8.74. The average Bonchev–Trinajstić information content (AvgIpc) is 2.11. The predicted octanol–water partition coefficient (Wildman–Crippen LogP) is 3.04. The van der Waals surface area contributed by atoms with Gasteiger partial charge in [0, 0.05) is 9.65 Å². The molecule has 13 heavy (non-hydrogen) atoms. The van der Waals surface area contributed by atoms with Crippen molar-refractivity contribution in [2.75, 3.05) is 0 Å². The fourth-order valence-electron chi connectivity index (χ4n) is 1.45. The molecule has 68 valence electrons. The van der Waals surface area contributed by atoms with Gasteiger partial charge in [0.25, 0.3) is 0 Å². The number of alkyl halides is 2. The number of nitrogens with zero attached hydrogens (tertiary/aromatic N) is 2. The SMILES string of the molecule is N#CC(C#N)=C1[C@H](Br)CCC[C@H]1Br. The van der Waals surface area contributed by atoms with E-state index in [4.69, 9.17) is 10.5 Å². The van der Waals surface area contributed by atoms with E-state index in [-0.39, 0.29) is 15.2 Å². The Bertz CT molecular complexity index is 281. The van der Waals surface area contributed by atoms with E-state index in [1.807, 2.05) is 12.1 Å². The monoisotopic (exact) mass is 302 g/mol. The molecule has 0 heterocycles. The molecule has 0 N–H and O–H groups in total. The second-order valence-corrected chi connectivity index (χ2v) is 5.13. The van der Waals surface area contributed by atoms with Gasteiger partial charge in [-0.15, -0.1) is 0 Å². The van der Waals surface area contributed by atoms with Crippen molar-refractivity contribution in [3.8, 4) is 12.1 Å². The van der Waals surface area contributed by atoms with Crippen molar-refractivity contribution >= 4 is 31.9 Å². The molecule has 2 nitrogen and oxygen atoms in total. The summed E-state index contributed by atoms with van der Waals surface area (Å²) in [4.78, 5) is 0.361. The summed E-state index contributed by atoms with van der Waals surface area (Å²) in [5, 5.41) is 17.5. The minimum atomic E-state index is 0.180. The topological polar surface area (TPSA) is 47.6 Å². The second kappa shape index (κ2) is 4.79. The normalized spacial score (nSPS) is 27.5. The van der Waals surface area contributed by atoms with Gasteiger partial charge in [0.05, 0.1) is 0 Å². The Hall–Kier alpha value is -0.320. The van der Waals surface area contributed by atoms with Gasteiger partial charge >= 0.3 is 0 Å². The summed E-state index contributed by atoms with van der Waals surface area (Å²) in [5.41, 5.74) is 1.17. The molecule has 0 spiro atoms. The van der Waals surface area contributed by atoms with Crippen LogP contribution < -0.4 is 0 Å². The molecule has 1 saturated carbocycles. The highest BCUT2D eigenvalue weighted by Gasteiger charge is 2.26. The number of rotatable bonds is 0. The molecule has 0 amide bonds. The summed E-state index contributed by atoms with van der Waals surface area (Å²) < 4.78 is 0. The van der Waals surface area contributed by atoms with Gasteiger partial charge in [-0.2, -0.15) is 10.5 Å². The van der Waals surface area contributed by atoms with E-state index in [9.17, 15) is 0 Å². The Labute approximate surface area is 94.5 Å². The van der Waals surface area contributed by atoms with Crippen LogP contribution in [0.3, 0.4) is 0 Å². The molecule has 1 rings (SSSR count). The zero-order valence-electron chi connectivity index (χ0n) is 6.93. The lowest BCUT2D eigenvalue weighted by Gasteiger charge is -2.25. The number of allylic oxidation sites excluding steroid dienone is 2. The third-order valence-electron chi connectivity index (χ3n) is 2.10. The summed E-state index contributed by atoms with van der Waals surface area (Å²) in [6.45, 7) is 0. The smallest absolute Gasteiger partial charge is 0.131 e. The van der Waals surface area contributed by atoms with Crippen LogP contribution in [0.1, 0.15) is 19.3 Å². The molecule has 0 aromatic rings. The van der Waals surface area contributed by atoms with Crippen LogP contribution >= 0.6 is 31.9 Å². The van der Waals surface area contributed by atoms with E-state index in [2.05, 4.69) is 31.9 Å². The third kappa shape index (κ3) is 2.33. The maximum Gasteiger partial charge on any atom is 0.131 e. The van der Waals surface area contributed by atoms with Crippen LogP contribution in [-0.4, -0.2) is 9.65 Å². The lowest BCUT2D eigenvalue weighted by molar-refractivity contribution is 0.627. The van der Waals surface area contributed by atoms with E-state index in [0.717, 1.165) is 24.8 Å². The number of hydrogen-bond acceptors (Lipinski definition) is 2. The molecule has 1 aliphatic rings. The zero-order valence-corrected chi connectivity index (χ0v) is 10.1. The first-order chi connectivity index (χ1) is 6.20. The van der Waals surface area contributed by atoms with Crippen molar-refractivity contribution in [3.63, 3.8) is 0 Å². The van der Waals surface area contributed by atoms with Crippen molar-refractivity contribution in [1.29, 1.82) is 10.5 Å². The Kier molecular flexibility index (Phi) is 3.96. The van der Waals surface area contributed by atoms with Crippen molar-refractivity contribution in [2.24, 2.45) is 0 Å². The van der Waals surface area contributed by atoms with Crippen molar-refractivity contribution in [2.45, 2.75) is 28.9 Å². The Morgan fingerprint density at radius 3 is 2.00 bits per heavy atom. The van der Waals surface area contributed by atoms with Gasteiger partial charge < -0.3 is 0 Å². The van der Waals surface area contributed by atoms with Gasteiger partial charge in [-0.3, -0.25) is 0 Å². The van der Waals surface area contributed by atoms with E-state index in [1.54, 1.807) is 0 Å². The Morgan fingerprint density at radius 2 is 1.62 bits per heavy atom. The highest BCUT2D eigenvalue weighted by molar-refractivity contribution is 9.10. The molecule has 0 bridgehead atoms. The van der Waals surface area contributed by atoms with E-state index < -0.39 is 0 Å². The van der Waals surface area contributed by atoms with Crippen molar-refractivity contribution in [3.05, 3.63) is 11.1 Å². The molecule has 0 aliphatic heterocycles. The average molecular weight is 304 g/mol. The molecule has 1 fully saturated rings. The van der Waals surface area contributed by atoms with Crippen LogP contribution in [0, 0.1) is 22.7 Å². The van der Waals surface area contributed by atoms with Gasteiger partial charge in [-0.25, -0.2) is 0 Å². The first kappa shape index (κ1) is 10.8.